The van der Waals surface area contributed by atoms with Crippen molar-refractivity contribution in [3.63, 3.8) is 0 Å². The van der Waals surface area contributed by atoms with Crippen LogP contribution in [-0.4, -0.2) is 59.6 Å². The minimum atomic E-state index is -0.594. The minimum Gasteiger partial charge on any atom is -0.481 e. The Morgan fingerprint density at radius 1 is 1.32 bits per heavy atom. The highest BCUT2D eigenvalue weighted by Crippen LogP contribution is 2.33. The standard InChI is InChI=1S/C15H28N2O2/c1-4-12-10-17(8-7-16(12)3)14-9-11(2)5-6-13(14)15(18)19/h11-14H,4-10H2,1-3H3,(H,18,19). The first kappa shape index (κ1) is 14.8. The predicted octanol–water partition coefficient (Wildman–Crippen LogP) is 1.90. The van der Waals surface area contributed by atoms with Gasteiger partial charge in [0.05, 0.1) is 5.92 Å². The van der Waals surface area contributed by atoms with Gasteiger partial charge >= 0.3 is 5.97 Å². The summed E-state index contributed by atoms with van der Waals surface area (Å²) in [5, 5.41) is 9.46. The van der Waals surface area contributed by atoms with Gasteiger partial charge in [0.2, 0.25) is 0 Å². The lowest BCUT2D eigenvalue weighted by Gasteiger charge is -2.46. The monoisotopic (exact) mass is 268 g/mol. The number of rotatable bonds is 3. The second-order valence-corrected chi connectivity index (χ2v) is 6.47. The van der Waals surface area contributed by atoms with Crippen LogP contribution in [0.5, 0.6) is 0 Å². The van der Waals surface area contributed by atoms with Crippen LogP contribution in [0.2, 0.25) is 0 Å². The van der Waals surface area contributed by atoms with Gasteiger partial charge in [0, 0.05) is 31.7 Å². The van der Waals surface area contributed by atoms with Gasteiger partial charge in [-0.1, -0.05) is 13.8 Å². The number of hydrogen-bond donors (Lipinski definition) is 1. The molecular formula is C15H28N2O2. The number of piperazine rings is 1. The molecular weight excluding hydrogens is 240 g/mol. The highest BCUT2D eigenvalue weighted by atomic mass is 16.4. The summed E-state index contributed by atoms with van der Waals surface area (Å²) in [7, 11) is 2.18. The smallest absolute Gasteiger partial charge is 0.308 e. The molecule has 0 aromatic rings. The van der Waals surface area contributed by atoms with Gasteiger partial charge in [-0.05, 0) is 38.6 Å². The summed E-state index contributed by atoms with van der Waals surface area (Å²) in [6.07, 6.45) is 4.12. The molecule has 4 unspecified atom stereocenters. The normalized spacial score (nSPS) is 38.3. The van der Waals surface area contributed by atoms with Crippen molar-refractivity contribution >= 4 is 5.97 Å². The van der Waals surface area contributed by atoms with Crippen molar-refractivity contribution in [1.29, 1.82) is 0 Å². The van der Waals surface area contributed by atoms with E-state index in [1.807, 2.05) is 0 Å². The number of carbonyl (C=O) groups is 1. The van der Waals surface area contributed by atoms with Crippen LogP contribution >= 0.6 is 0 Å². The van der Waals surface area contributed by atoms with E-state index in [1.165, 1.54) is 0 Å². The predicted molar refractivity (Wildman–Crippen MR) is 76.2 cm³/mol. The largest absolute Gasteiger partial charge is 0.481 e. The molecule has 2 rings (SSSR count). The third kappa shape index (κ3) is 3.29. The first-order valence-electron chi connectivity index (χ1n) is 7.70. The molecule has 0 spiro atoms. The zero-order valence-electron chi connectivity index (χ0n) is 12.5. The number of nitrogens with zero attached hydrogens (tertiary/aromatic N) is 2. The van der Waals surface area contributed by atoms with Crippen LogP contribution in [-0.2, 0) is 4.79 Å². The van der Waals surface area contributed by atoms with Crippen LogP contribution in [0.25, 0.3) is 0 Å². The van der Waals surface area contributed by atoms with E-state index in [9.17, 15) is 9.90 Å². The quantitative estimate of drug-likeness (QED) is 0.849. The molecule has 1 N–H and O–H groups in total. The molecule has 4 heteroatoms. The average Bonchev–Trinajstić information content (AvgIpc) is 2.38. The van der Waals surface area contributed by atoms with Crippen LogP contribution in [0.4, 0.5) is 0 Å². The van der Waals surface area contributed by atoms with E-state index >= 15 is 0 Å². The summed E-state index contributed by atoms with van der Waals surface area (Å²) >= 11 is 0. The lowest BCUT2D eigenvalue weighted by Crippen LogP contribution is -2.57. The molecule has 1 saturated heterocycles. The lowest BCUT2D eigenvalue weighted by molar-refractivity contribution is -0.147. The Kier molecular flexibility index (Phi) is 4.85. The number of likely N-dealkylation sites (N-methyl/N-ethyl adjacent to an activating group) is 1. The highest BCUT2D eigenvalue weighted by Gasteiger charge is 2.39. The fraction of sp³-hybridized carbons (Fsp3) is 0.933. The maximum absolute atomic E-state index is 11.5. The van der Waals surface area contributed by atoms with Crippen LogP contribution in [0.1, 0.15) is 39.5 Å². The van der Waals surface area contributed by atoms with Gasteiger partial charge in [-0.2, -0.15) is 0 Å². The summed E-state index contributed by atoms with van der Waals surface area (Å²) in [4.78, 5) is 16.4. The van der Waals surface area contributed by atoms with E-state index in [2.05, 4.69) is 30.7 Å². The molecule has 1 aliphatic heterocycles. The molecule has 19 heavy (non-hydrogen) atoms. The van der Waals surface area contributed by atoms with Crippen molar-refractivity contribution in [2.75, 3.05) is 26.7 Å². The Labute approximate surface area is 116 Å². The first-order chi connectivity index (χ1) is 9.02. The zero-order chi connectivity index (χ0) is 14.0. The van der Waals surface area contributed by atoms with E-state index in [-0.39, 0.29) is 12.0 Å². The third-order valence-corrected chi connectivity index (χ3v) is 5.14. The molecule has 4 atom stereocenters. The van der Waals surface area contributed by atoms with Gasteiger partial charge < -0.3 is 10.0 Å². The second kappa shape index (κ2) is 6.23. The lowest BCUT2D eigenvalue weighted by atomic mass is 9.78. The maximum Gasteiger partial charge on any atom is 0.308 e. The molecule has 4 nitrogen and oxygen atoms in total. The molecule has 2 aliphatic rings. The minimum absolute atomic E-state index is 0.155. The summed E-state index contributed by atoms with van der Waals surface area (Å²) in [5.41, 5.74) is 0. The van der Waals surface area contributed by atoms with Gasteiger partial charge in [-0.3, -0.25) is 9.69 Å². The number of carboxylic acid groups (broad SMARTS) is 1. The van der Waals surface area contributed by atoms with E-state index in [1.54, 1.807) is 0 Å². The Morgan fingerprint density at radius 3 is 2.68 bits per heavy atom. The highest BCUT2D eigenvalue weighted by molar-refractivity contribution is 5.71. The average molecular weight is 268 g/mol. The van der Waals surface area contributed by atoms with Crippen molar-refractivity contribution in [3.8, 4) is 0 Å². The molecule has 2 fully saturated rings. The van der Waals surface area contributed by atoms with Crippen molar-refractivity contribution in [2.45, 2.75) is 51.6 Å². The third-order valence-electron chi connectivity index (χ3n) is 5.14. The molecule has 0 aromatic heterocycles. The van der Waals surface area contributed by atoms with Crippen LogP contribution in [0, 0.1) is 11.8 Å². The number of aliphatic carboxylic acids is 1. The van der Waals surface area contributed by atoms with Crippen molar-refractivity contribution < 1.29 is 9.90 Å². The Balaban J connectivity index is 2.06. The molecule has 0 bridgehead atoms. The van der Waals surface area contributed by atoms with Crippen molar-refractivity contribution in [2.24, 2.45) is 11.8 Å². The number of hydrogen-bond acceptors (Lipinski definition) is 3. The Bertz CT molecular complexity index is 321. The summed E-state index contributed by atoms with van der Waals surface area (Å²) in [6, 6.07) is 0.837. The van der Waals surface area contributed by atoms with Crippen LogP contribution in [0.15, 0.2) is 0 Å². The van der Waals surface area contributed by atoms with E-state index < -0.39 is 5.97 Å². The molecule has 1 heterocycles. The second-order valence-electron chi connectivity index (χ2n) is 6.47. The van der Waals surface area contributed by atoms with Crippen molar-refractivity contribution in [1.82, 2.24) is 9.80 Å². The SMILES string of the molecule is CCC1CN(C2CC(C)CCC2C(=O)O)CCN1C. The summed E-state index contributed by atoms with van der Waals surface area (Å²) in [6.45, 7) is 7.61. The van der Waals surface area contributed by atoms with Crippen LogP contribution < -0.4 is 0 Å². The van der Waals surface area contributed by atoms with Gasteiger partial charge in [0.1, 0.15) is 0 Å². The summed E-state index contributed by atoms with van der Waals surface area (Å²) in [5.74, 6) is -0.0821. The molecule has 0 aromatic carbocycles. The molecule has 1 aliphatic carbocycles. The fourth-order valence-electron chi connectivity index (χ4n) is 3.75. The van der Waals surface area contributed by atoms with E-state index in [0.717, 1.165) is 45.3 Å². The molecule has 0 amide bonds. The van der Waals surface area contributed by atoms with Gasteiger partial charge in [-0.25, -0.2) is 0 Å². The molecule has 1 saturated carbocycles. The van der Waals surface area contributed by atoms with E-state index in [4.69, 9.17) is 0 Å². The van der Waals surface area contributed by atoms with Crippen molar-refractivity contribution in [3.05, 3.63) is 0 Å². The zero-order valence-corrected chi connectivity index (χ0v) is 12.5. The molecule has 0 radical (unpaired) electrons. The van der Waals surface area contributed by atoms with Crippen LogP contribution in [0.3, 0.4) is 0 Å². The topological polar surface area (TPSA) is 43.8 Å². The molecule has 110 valence electrons. The summed E-state index contributed by atoms with van der Waals surface area (Å²) < 4.78 is 0. The number of carboxylic acids is 1. The van der Waals surface area contributed by atoms with E-state index in [0.29, 0.717) is 12.0 Å². The maximum atomic E-state index is 11.5. The Hall–Kier alpha value is -0.610. The fourth-order valence-corrected chi connectivity index (χ4v) is 3.75. The first-order valence-corrected chi connectivity index (χ1v) is 7.70. The Morgan fingerprint density at radius 2 is 2.05 bits per heavy atom. The van der Waals surface area contributed by atoms with Gasteiger partial charge in [-0.15, -0.1) is 0 Å². The van der Waals surface area contributed by atoms with Gasteiger partial charge in [0.25, 0.3) is 0 Å². The van der Waals surface area contributed by atoms with Gasteiger partial charge in [0.15, 0.2) is 0 Å².